The van der Waals surface area contributed by atoms with Gasteiger partial charge in [-0.2, -0.15) is 0 Å². The van der Waals surface area contributed by atoms with E-state index in [1.54, 1.807) is 25.2 Å². The van der Waals surface area contributed by atoms with Crippen molar-refractivity contribution in [1.82, 2.24) is 15.6 Å². The molecule has 3 rings (SSSR count). The highest BCUT2D eigenvalue weighted by Gasteiger charge is 2.21. The quantitative estimate of drug-likeness (QED) is 0.662. The van der Waals surface area contributed by atoms with Crippen LogP contribution in [0.2, 0.25) is 0 Å². The number of carbonyl (C=O) groups excluding carboxylic acids is 2. The van der Waals surface area contributed by atoms with Crippen LogP contribution in [-0.2, 0) is 4.79 Å². The van der Waals surface area contributed by atoms with Gasteiger partial charge in [-0.25, -0.2) is 0 Å². The van der Waals surface area contributed by atoms with Crippen LogP contribution in [0, 0.1) is 12.8 Å². The molecule has 0 aliphatic carbocycles. The Bertz CT molecular complexity index is 842. The van der Waals surface area contributed by atoms with E-state index in [4.69, 9.17) is 4.74 Å². The Kier molecular flexibility index (Phi) is 9.88. The Hall–Kier alpha value is -2.35. The fourth-order valence-corrected chi connectivity index (χ4v) is 2.96. The van der Waals surface area contributed by atoms with Crippen LogP contribution in [0.1, 0.15) is 28.9 Å². The van der Waals surface area contributed by atoms with Gasteiger partial charge in [0.2, 0.25) is 5.91 Å². The number of carbonyl (C=O) groups is 2. The molecule has 1 fully saturated rings. The molecule has 1 atom stereocenters. The summed E-state index contributed by atoms with van der Waals surface area (Å²) >= 11 is 0. The minimum atomic E-state index is -0.278. The molecule has 1 saturated heterocycles. The SMILES string of the molecule is CNC(=O)c1cc(Oc2cc(NC(=O)C3CCCNC3)ccc2C)ccn1.Cl.Cl. The molecule has 2 heterocycles. The number of aromatic nitrogens is 1. The number of pyridine rings is 1. The summed E-state index contributed by atoms with van der Waals surface area (Å²) in [5, 5.41) is 8.75. The lowest BCUT2D eigenvalue weighted by molar-refractivity contribution is -0.120. The van der Waals surface area contributed by atoms with Gasteiger partial charge in [0.25, 0.3) is 5.91 Å². The first-order valence-corrected chi connectivity index (χ1v) is 9.05. The summed E-state index contributed by atoms with van der Waals surface area (Å²) < 4.78 is 5.93. The maximum Gasteiger partial charge on any atom is 0.269 e. The minimum Gasteiger partial charge on any atom is -0.457 e. The molecule has 29 heavy (non-hydrogen) atoms. The molecule has 158 valence electrons. The number of hydrogen-bond donors (Lipinski definition) is 3. The molecule has 1 aliphatic rings. The van der Waals surface area contributed by atoms with Crippen molar-refractivity contribution in [3.63, 3.8) is 0 Å². The van der Waals surface area contributed by atoms with Crippen LogP contribution in [0.25, 0.3) is 0 Å². The van der Waals surface area contributed by atoms with Crippen LogP contribution < -0.4 is 20.7 Å². The Morgan fingerprint density at radius 2 is 2.00 bits per heavy atom. The van der Waals surface area contributed by atoms with Gasteiger partial charge < -0.3 is 20.7 Å². The van der Waals surface area contributed by atoms with E-state index >= 15 is 0 Å². The van der Waals surface area contributed by atoms with Gasteiger partial charge in [0.15, 0.2) is 0 Å². The Labute approximate surface area is 182 Å². The molecule has 1 unspecified atom stereocenters. The lowest BCUT2D eigenvalue weighted by Crippen LogP contribution is -2.37. The molecule has 0 bridgehead atoms. The predicted molar refractivity (Wildman–Crippen MR) is 118 cm³/mol. The molecular weight excluding hydrogens is 415 g/mol. The van der Waals surface area contributed by atoms with Gasteiger partial charge in [0, 0.05) is 37.6 Å². The number of rotatable bonds is 5. The van der Waals surface area contributed by atoms with Gasteiger partial charge in [0.05, 0.1) is 5.92 Å². The van der Waals surface area contributed by atoms with E-state index < -0.39 is 0 Å². The average Bonchev–Trinajstić information content (AvgIpc) is 2.70. The van der Waals surface area contributed by atoms with Crippen molar-refractivity contribution >= 4 is 42.3 Å². The summed E-state index contributed by atoms with van der Waals surface area (Å²) in [4.78, 5) is 28.2. The van der Waals surface area contributed by atoms with E-state index in [0.29, 0.717) is 23.7 Å². The van der Waals surface area contributed by atoms with Gasteiger partial charge >= 0.3 is 0 Å². The zero-order valence-electron chi connectivity index (χ0n) is 16.4. The monoisotopic (exact) mass is 440 g/mol. The van der Waals surface area contributed by atoms with Gasteiger partial charge in [-0.15, -0.1) is 24.8 Å². The van der Waals surface area contributed by atoms with E-state index in [-0.39, 0.29) is 48.2 Å². The number of amides is 2. The molecule has 9 heteroatoms. The Morgan fingerprint density at radius 1 is 1.21 bits per heavy atom. The molecule has 0 radical (unpaired) electrons. The van der Waals surface area contributed by atoms with Crippen LogP contribution in [0.4, 0.5) is 5.69 Å². The number of anilines is 1. The number of benzene rings is 1. The summed E-state index contributed by atoms with van der Waals surface area (Å²) in [5.74, 6) is 0.845. The van der Waals surface area contributed by atoms with Crippen molar-refractivity contribution < 1.29 is 14.3 Å². The van der Waals surface area contributed by atoms with E-state index in [1.807, 2.05) is 19.1 Å². The fraction of sp³-hybridized carbons (Fsp3) is 0.350. The van der Waals surface area contributed by atoms with Gasteiger partial charge in [-0.1, -0.05) is 6.07 Å². The van der Waals surface area contributed by atoms with Gasteiger partial charge in [-0.3, -0.25) is 14.6 Å². The van der Waals surface area contributed by atoms with Crippen molar-refractivity contribution in [2.45, 2.75) is 19.8 Å². The van der Waals surface area contributed by atoms with Crippen LogP contribution >= 0.6 is 24.8 Å². The predicted octanol–water partition coefficient (Wildman–Crippen LogP) is 3.32. The highest BCUT2D eigenvalue weighted by atomic mass is 35.5. The third kappa shape index (κ3) is 6.59. The van der Waals surface area contributed by atoms with Crippen molar-refractivity contribution in [2.75, 3.05) is 25.5 Å². The van der Waals surface area contributed by atoms with E-state index in [1.165, 1.54) is 6.20 Å². The smallest absolute Gasteiger partial charge is 0.269 e. The number of piperidine rings is 1. The first kappa shape index (κ1) is 24.7. The summed E-state index contributed by atoms with van der Waals surface area (Å²) in [6, 6.07) is 8.81. The van der Waals surface area contributed by atoms with E-state index in [2.05, 4.69) is 20.9 Å². The van der Waals surface area contributed by atoms with Crippen LogP contribution in [-0.4, -0.2) is 36.9 Å². The van der Waals surface area contributed by atoms with Crippen LogP contribution in [0.3, 0.4) is 0 Å². The number of halogens is 2. The molecular formula is C20H26Cl2N4O3. The second kappa shape index (κ2) is 11.6. The number of hydrogen-bond acceptors (Lipinski definition) is 5. The lowest BCUT2D eigenvalue weighted by atomic mass is 9.99. The number of nitrogens with one attached hydrogen (secondary N) is 3. The second-order valence-electron chi connectivity index (χ2n) is 6.57. The highest BCUT2D eigenvalue weighted by molar-refractivity contribution is 5.93. The lowest BCUT2D eigenvalue weighted by Gasteiger charge is -2.22. The molecule has 0 spiro atoms. The van der Waals surface area contributed by atoms with Crippen molar-refractivity contribution in [3.05, 3.63) is 47.8 Å². The molecule has 7 nitrogen and oxygen atoms in total. The fourth-order valence-electron chi connectivity index (χ4n) is 2.96. The zero-order valence-corrected chi connectivity index (χ0v) is 18.0. The summed E-state index contributed by atoms with van der Waals surface area (Å²) in [6.07, 6.45) is 3.43. The minimum absolute atomic E-state index is 0. The molecule has 0 saturated carbocycles. The zero-order chi connectivity index (χ0) is 19.2. The van der Waals surface area contributed by atoms with Gasteiger partial charge in [0.1, 0.15) is 17.2 Å². The molecule has 1 aromatic carbocycles. The van der Waals surface area contributed by atoms with E-state index in [0.717, 1.165) is 24.9 Å². The summed E-state index contributed by atoms with van der Waals surface area (Å²) in [6.45, 7) is 3.60. The van der Waals surface area contributed by atoms with Gasteiger partial charge in [-0.05, 0) is 44.0 Å². The third-order valence-electron chi connectivity index (χ3n) is 4.54. The Balaban J connectivity index is 0.00000210. The number of nitrogens with zero attached hydrogens (tertiary/aromatic N) is 1. The third-order valence-corrected chi connectivity index (χ3v) is 4.54. The van der Waals surface area contributed by atoms with Crippen molar-refractivity contribution in [3.8, 4) is 11.5 Å². The van der Waals surface area contributed by atoms with Crippen molar-refractivity contribution in [2.24, 2.45) is 5.92 Å². The first-order chi connectivity index (χ1) is 13.1. The standard InChI is InChI=1S/C20H24N4O3.2ClH/c1-13-5-6-15(24-19(25)14-4-3-8-22-12-14)10-18(13)27-16-7-9-23-17(11-16)20(26)21-2;;/h5-7,9-11,14,22H,3-4,8,12H2,1-2H3,(H,21,26)(H,24,25);2*1H. The maximum atomic E-state index is 12.4. The Morgan fingerprint density at radius 3 is 2.69 bits per heavy atom. The summed E-state index contributed by atoms with van der Waals surface area (Å²) in [7, 11) is 1.55. The first-order valence-electron chi connectivity index (χ1n) is 9.05. The number of ether oxygens (including phenoxy) is 1. The molecule has 1 aromatic heterocycles. The largest absolute Gasteiger partial charge is 0.457 e. The second-order valence-corrected chi connectivity index (χ2v) is 6.57. The maximum absolute atomic E-state index is 12.4. The highest BCUT2D eigenvalue weighted by Crippen LogP contribution is 2.28. The molecule has 3 N–H and O–H groups in total. The van der Waals surface area contributed by atoms with Crippen LogP contribution in [0.15, 0.2) is 36.5 Å². The molecule has 2 amide bonds. The number of aryl methyl sites for hydroxylation is 1. The van der Waals surface area contributed by atoms with Crippen molar-refractivity contribution in [1.29, 1.82) is 0 Å². The van der Waals surface area contributed by atoms with E-state index in [9.17, 15) is 9.59 Å². The topological polar surface area (TPSA) is 92.4 Å². The normalized spacial score (nSPS) is 15.3. The molecule has 2 aromatic rings. The molecule has 1 aliphatic heterocycles. The average molecular weight is 441 g/mol. The summed E-state index contributed by atoms with van der Waals surface area (Å²) in [5.41, 5.74) is 1.89. The van der Waals surface area contributed by atoms with Crippen LogP contribution in [0.5, 0.6) is 11.5 Å².